The Balaban J connectivity index is 1.62. The number of alkyl halides is 3. The van der Waals surface area contributed by atoms with Crippen molar-refractivity contribution in [3.05, 3.63) is 46.8 Å². The molecule has 0 atom stereocenters. The molecular weight excluding hydrogens is 369 g/mol. The fraction of sp³-hybridized carbons (Fsp3) is 0.524. The molecule has 0 amide bonds. The Kier molecular flexibility index (Phi) is 6.10. The number of rotatable bonds is 7. The smallest absolute Gasteiger partial charge is 0.435 e. The zero-order valence-electron chi connectivity index (χ0n) is 16.2. The lowest BCUT2D eigenvalue weighted by atomic mass is 9.95. The van der Waals surface area contributed by atoms with Gasteiger partial charge in [0.1, 0.15) is 12.4 Å². The van der Waals surface area contributed by atoms with E-state index in [2.05, 4.69) is 5.10 Å². The molecule has 4 nitrogen and oxygen atoms in total. The summed E-state index contributed by atoms with van der Waals surface area (Å²) in [6, 6.07) is 6.87. The van der Waals surface area contributed by atoms with Crippen LogP contribution in [-0.2, 0) is 25.6 Å². The van der Waals surface area contributed by atoms with Crippen LogP contribution in [-0.4, -0.2) is 22.2 Å². The van der Waals surface area contributed by atoms with Crippen LogP contribution >= 0.6 is 0 Å². The number of carbonyl (C=O) groups is 1. The molecule has 0 unspecified atom stereocenters. The van der Waals surface area contributed by atoms with Gasteiger partial charge in [-0.3, -0.25) is 9.48 Å². The fourth-order valence-electron chi connectivity index (χ4n) is 3.56. The van der Waals surface area contributed by atoms with E-state index in [1.807, 2.05) is 13.8 Å². The van der Waals surface area contributed by atoms with Crippen molar-refractivity contribution in [3.63, 3.8) is 0 Å². The summed E-state index contributed by atoms with van der Waals surface area (Å²) >= 11 is 0. The van der Waals surface area contributed by atoms with Crippen LogP contribution < -0.4 is 4.74 Å². The summed E-state index contributed by atoms with van der Waals surface area (Å²) in [6.07, 6.45) is -1.25. The monoisotopic (exact) mass is 394 g/mol. The molecule has 3 rings (SSSR count). The van der Waals surface area contributed by atoms with Gasteiger partial charge in [0.15, 0.2) is 11.5 Å². The molecule has 0 fully saturated rings. The van der Waals surface area contributed by atoms with Gasteiger partial charge in [-0.15, -0.1) is 0 Å². The minimum atomic E-state index is -4.42. The molecule has 28 heavy (non-hydrogen) atoms. The SMILES string of the molecule is CC(C)CC(=O)c1ccc(OCCn2nc(C(F)(F)F)c3c2CCCC3)cc1. The Morgan fingerprint density at radius 3 is 2.50 bits per heavy atom. The summed E-state index contributed by atoms with van der Waals surface area (Å²) in [5.41, 5.74) is 0.899. The topological polar surface area (TPSA) is 44.1 Å². The van der Waals surface area contributed by atoms with Gasteiger partial charge < -0.3 is 4.74 Å². The Bertz CT molecular complexity index is 823. The van der Waals surface area contributed by atoms with Crippen molar-refractivity contribution >= 4 is 5.78 Å². The van der Waals surface area contributed by atoms with Crippen molar-refractivity contribution in [2.75, 3.05) is 6.61 Å². The van der Waals surface area contributed by atoms with Crippen molar-refractivity contribution < 1.29 is 22.7 Å². The summed E-state index contributed by atoms with van der Waals surface area (Å²) in [5, 5.41) is 3.83. The number of aromatic nitrogens is 2. The highest BCUT2D eigenvalue weighted by Gasteiger charge is 2.39. The molecule has 0 aliphatic heterocycles. The van der Waals surface area contributed by atoms with E-state index in [1.54, 1.807) is 24.3 Å². The van der Waals surface area contributed by atoms with Gasteiger partial charge in [0, 0.05) is 23.2 Å². The lowest BCUT2D eigenvalue weighted by Crippen LogP contribution is -2.14. The molecule has 1 heterocycles. The quantitative estimate of drug-likeness (QED) is 0.615. The molecule has 0 radical (unpaired) electrons. The Labute approximate surface area is 162 Å². The number of benzene rings is 1. The number of halogens is 3. The van der Waals surface area contributed by atoms with E-state index in [9.17, 15) is 18.0 Å². The maximum Gasteiger partial charge on any atom is 0.435 e. The van der Waals surface area contributed by atoms with E-state index >= 15 is 0 Å². The highest BCUT2D eigenvalue weighted by Crippen LogP contribution is 2.35. The second kappa shape index (κ2) is 8.37. The molecule has 1 aromatic heterocycles. The van der Waals surface area contributed by atoms with Crippen molar-refractivity contribution in [2.45, 2.75) is 58.7 Å². The first-order valence-electron chi connectivity index (χ1n) is 9.67. The Hall–Kier alpha value is -2.31. The fourth-order valence-corrected chi connectivity index (χ4v) is 3.56. The number of nitrogens with zero attached hydrogens (tertiary/aromatic N) is 2. The molecule has 0 N–H and O–H groups in total. The van der Waals surface area contributed by atoms with Gasteiger partial charge in [0.2, 0.25) is 0 Å². The van der Waals surface area contributed by atoms with Crippen LogP contribution in [0.25, 0.3) is 0 Å². The van der Waals surface area contributed by atoms with E-state index in [-0.39, 0.29) is 18.9 Å². The second-order valence-corrected chi connectivity index (χ2v) is 7.60. The van der Waals surface area contributed by atoms with Crippen LogP contribution in [0.5, 0.6) is 5.75 Å². The molecule has 0 saturated heterocycles. The zero-order valence-corrected chi connectivity index (χ0v) is 16.2. The number of Topliss-reactive ketones (excluding diaryl/α,β-unsaturated/α-hetero) is 1. The third-order valence-electron chi connectivity index (χ3n) is 4.87. The molecule has 152 valence electrons. The first-order chi connectivity index (χ1) is 13.3. The normalized spacial score (nSPS) is 14.2. The second-order valence-electron chi connectivity index (χ2n) is 7.60. The maximum atomic E-state index is 13.2. The van der Waals surface area contributed by atoms with Crippen LogP contribution in [0.3, 0.4) is 0 Å². The number of hydrogen-bond acceptors (Lipinski definition) is 3. The number of carbonyl (C=O) groups excluding carboxylic acids is 1. The molecule has 2 aromatic rings. The first kappa shape index (κ1) is 20.4. The molecule has 0 saturated carbocycles. The Morgan fingerprint density at radius 2 is 1.86 bits per heavy atom. The molecular formula is C21H25F3N2O2. The van der Waals surface area contributed by atoms with E-state index < -0.39 is 11.9 Å². The third kappa shape index (κ3) is 4.75. The Morgan fingerprint density at radius 1 is 1.18 bits per heavy atom. The van der Waals surface area contributed by atoms with E-state index in [1.165, 1.54) is 4.68 Å². The van der Waals surface area contributed by atoms with Crippen LogP contribution in [0.2, 0.25) is 0 Å². The highest BCUT2D eigenvalue weighted by atomic mass is 19.4. The summed E-state index contributed by atoms with van der Waals surface area (Å²) in [6.45, 7) is 4.46. The number of fused-ring (bicyclic) bond motifs is 1. The molecule has 7 heteroatoms. The van der Waals surface area contributed by atoms with Gasteiger partial charge >= 0.3 is 6.18 Å². The predicted octanol–water partition coefficient (Wildman–Crippen LogP) is 5.09. The number of ketones is 1. The summed E-state index contributed by atoms with van der Waals surface area (Å²) < 4.78 is 46.8. The molecule has 1 aliphatic rings. The van der Waals surface area contributed by atoms with Gasteiger partial charge in [-0.2, -0.15) is 18.3 Å². The summed E-state index contributed by atoms with van der Waals surface area (Å²) in [5.74, 6) is 0.965. The van der Waals surface area contributed by atoms with Crippen LogP contribution in [0.4, 0.5) is 13.2 Å². The van der Waals surface area contributed by atoms with Crippen LogP contribution in [0.15, 0.2) is 24.3 Å². The third-order valence-corrected chi connectivity index (χ3v) is 4.87. The van der Waals surface area contributed by atoms with Crippen molar-refractivity contribution in [1.82, 2.24) is 9.78 Å². The average Bonchev–Trinajstić information content (AvgIpc) is 3.01. The average molecular weight is 394 g/mol. The molecule has 1 aromatic carbocycles. The van der Waals surface area contributed by atoms with Gasteiger partial charge in [0.05, 0.1) is 6.54 Å². The zero-order chi connectivity index (χ0) is 20.3. The first-order valence-corrected chi connectivity index (χ1v) is 9.67. The van der Waals surface area contributed by atoms with Crippen molar-refractivity contribution in [2.24, 2.45) is 5.92 Å². The predicted molar refractivity (Wildman–Crippen MR) is 99.6 cm³/mol. The lowest BCUT2D eigenvalue weighted by molar-refractivity contribution is -0.142. The van der Waals surface area contributed by atoms with Crippen molar-refractivity contribution in [1.29, 1.82) is 0 Å². The van der Waals surface area contributed by atoms with Crippen LogP contribution in [0, 0.1) is 5.92 Å². The molecule has 0 bridgehead atoms. The van der Waals surface area contributed by atoms with Gasteiger partial charge in [-0.25, -0.2) is 0 Å². The van der Waals surface area contributed by atoms with Crippen molar-refractivity contribution in [3.8, 4) is 5.75 Å². The van der Waals surface area contributed by atoms with E-state index in [4.69, 9.17) is 4.74 Å². The van der Waals surface area contributed by atoms with Gasteiger partial charge in [0.25, 0.3) is 0 Å². The largest absolute Gasteiger partial charge is 0.492 e. The lowest BCUT2D eigenvalue weighted by Gasteiger charge is -2.15. The number of ether oxygens (including phenoxy) is 1. The highest BCUT2D eigenvalue weighted by molar-refractivity contribution is 5.96. The standard InChI is InChI=1S/C21H25F3N2O2/c1-14(2)13-19(27)15-7-9-16(10-8-15)28-12-11-26-18-6-4-3-5-17(18)20(25-26)21(22,23)24/h7-10,14H,3-6,11-13H2,1-2H3. The minimum Gasteiger partial charge on any atom is -0.492 e. The maximum absolute atomic E-state index is 13.2. The van der Waals surface area contributed by atoms with Gasteiger partial charge in [-0.1, -0.05) is 13.8 Å². The molecule has 0 spiro atoms. The number of hydrogen-bond donors (Lipinski definition) is 0. The minimum absolute atomic E-state index is 0.0874. The summed E-state index contributed by atoms with van der Waals surface area (Å²) in [7, 11) is 0. The van der Waals surface area contributed by atoms with Crippen LogP contribution in [0.1, 0.15) is 60.4 Å². The van der Waals surface area contributed by atoms with E-state index in [0.717, 1.165) is 12.8 Å². The van der Waals surface area contributed by atoms with E-state index in [0.29, 0.717) is 47.8 Å². The van der Waals surface area contributed by atoms with Gasteiger partial charge in [-0.05, 0) is 55.9 Å². The summed E-state index contributed by atoms with van der Waals surface area (Å²) in [4.78, 5) is 12.0. The molecule has 1 aliphatic carbocycles.